The molecule has 0 N–H and O–H groups in total. The zero-order chi connectivity index (χ0) is 15.0. The summed E-state index contributed by atoms with van der Waals surface area (Å²) < 4.78 is 11.9. The van der Waals surface area contributed by atoms with Crippen molar-refractivity contribution in [2.24, 2.45) is 17.3 Å². The maximum absolute atomic E-state index is 11.3. The first-order valence-corrected chi connectivity index (χ1v) is 8.35. The third-order valence-electron chi connectivity index (χ3n) is 7.11. The second-order valence-electron chi connectivity index (χ2n) is 8.41. The summed E-state index contributed by atoms with van der Waals surface area (Å²) in [5, 5.41) is 11.3. The lowest BCUT2D eigenvalue weighted by Crippen LogP contribution is -2.48. The van der Waals surface area contributed by atoms with E-state index < -0.39 is 5.97 Å². The monoisotopic (exact) mass is 293 g/mol. The smallest absolute Gasteiger partial charge is 0.101 e. The van der Waals surface area contributed by atoms with E-state index in [1.807, 2.05) is 0 Å². The second kappa shape index (κ2) is 4.02. The van der Waals surface area contributed by atoms with Crippen molar-refractivity contribution in [2.45, 2.75) is 82.7 Å². The molecule has 118 valence electrons. The van der Waals surface area contributed by atoms with Gasteiger partial charge >= 0.3 is 0 Å². The second-order valence-corrected chi connectivity index (χ2v) is 8.41. The van der Waals surface area contributed by atoms with Crippen molar-refractivity contribution in [3.05, 3.63) is 0 Å². The standard InChI is InChI=1S/C17H26O4/c1-15(2,11-6-7-16(3)13(8-11)20-16)17-9-10(14(18)19)4-5-12(17)21-17/h10-13H,4-9H2,1-3H3,(H,18,19)/p-1. The highest BCUT2D eigenvalue weighted by Crippen LogP contribution is 2.65. The summed E-state index contributed by atoms with van der Waals surface area (Å²) in [5.74, 6) is -0.682. The number of fused-ring (bicyclic) bond motifs is 2. The van der Waals surface area contributed by atoms with Gasteiger partial charge in [0.1, 0.15) is 5.60 Å². The lowest BCUT2D eigenvalue weighted by atomic mass is 9.58. The molecule has 4 nitrogen and oxygen atoms in total. The molecule has 4 aliphatic rings. The van der Waals surface area contributed by atoms with Crippen molar-refractivity contribution in [3.63, 3.8) is 0 Å². The van der Waals surface area contributed by atoms with Crippen LogP contribution in [0.15, 0.2) is 0 Å². The molecule has 6 unspecified atom stereocenters. The van der Waals surface area contributed by atoms with Gasteiger partial charge in [0.25, 0.3) is 0 Å². The highest BCUT2D eigenvalue weighted by atomic mass is 16.6. The van der Waals surface area contributed by atoms with E-state index in [9.17, 15) is 9.90 Å². The average molecular weight is 293 g/mol. The molecule has 0 bridgehead atoms. The minimum absolute atomic E-state index is 0.0130. The van der Waals surface area contributed by atoms with Crippen LogP contribution in [0, 0.1) is 17.3 Å². The topological polar surface area (TPSA) is 65.2 Å². The third-order valence-corrected chi connectivity index (χ3v) is 7.11. The van der Waals surface area contributed by atoms with Crippen LogP contribution in [0.4, 0.5) is 0 Å². The molecule has 21 heavy (non-hydrogen) atoms. The van der Waals surface area contributed by atoms with Crippen molar-refractivity contribution >= 4 is 5.97 Å². The molecule has 2 saturated carbocycles. The zero-order valence-corrected chi connectivity index (χ0v) is 13.2. The van der Waals surface area contributed by atoms with Gasteiger partial charge in [0.2, 0.25) is 0 Å². The van der Waals surface area contributed by atoms with Gasteiger partial charge in [0, 0.05) is 11.9 Å². The number of hydrogen-bond donors (Lipinski definition) is 0. The molecular weight excluding hydrogens is 268 g/mol. The van der Waals surface area contributed by atoms with Gasteiger partial charge in [-0.15, -0.1) is 0 Å². The molecule has 4 rings (SSSR count). The first kappa shape index (κ1) is 14.0. The molecule has 0 aromatic rings. The fourth-order valence-corrected chi connectivity index (χ4v) is 5.19. The Balaban J connectivity index is 1.53. The highest BCUT2D eigenvalue weighted by molar-refractivity contribution is 5.68. The van der Waals surface area contributed by atoms with Crippen LogP contribution in [0.25, 0.3) is 0 Å². The van der Waals surface area contributed by atoms with Crippen LogP contribution in [0.5, 0.6) is 0 Å². The molecule has 2 aliphatic heterocycles. The van der Waals surface area contributed by atoms with Gasteiger partial charge < -0.3 is 19.4 Å². The summed E-state index contributed by atoms with van der Waals surface area (Å²) in [7, 11) is 0. The Kier molecular flexibility index (Phi) is 2.68. The Morgan fingerprint density at radius 2 is 1.95 bits per heavy atom. The Labute approximate surface area is 126 Å². The SMILES string of the molecule is CC12CCC(C(C)(C)C34CC(C(=O)[O-])CCC3O4)CC1O2. The van der Waals surface area contributed by atoms with E-state index in [4.69, 9.17) is 9.47 Å². The maximum Gasteiger partial charge on any atom is 0.101 e. The van der Waals surface area contributed by atoms with Crippen molar-refractivity contribution < 1.29 is 19.4 Å². The molecule has 0 radical (unpaired) electrons. The van der Waals surface area contributed by atoms with Gasteiger partial charge in [-0.05, 0) is 56.8 Å². The minimum Gasteiger partial charge on any atom is -0.550 e. The van der Waals surface area contributed by atoms with E-state index in [1.165, 1.54) is 0 Å². The van der Waals surface area contributed by atoms with E-state index in [-0.39, 0.29) is 28.6 Å². The van der Waals surface area contributed by atoms with Crippen LogP contribution in [-0.2, 0) is 14.3 Å². The first-order valence-electron chi connectivity index (χ1n) is 8.35. The quantitative estimate of drug-likeness (QED) is 0.742. The van der Waals surface area contributed by atoms with Crippen molar-refractivity contribution in [2.75, 3.05) is 0 Å². The number of hydrogen-bond acceptors (Lipinski definition) is 4. The molecule has 0 amide bonds. The number of aliphatic carboxylic acids is 1. The van der Waals surface area contributed by atoms with Crippen LogP contribution >= 0.6 is 0 Å². The van der Waals surface area contributed by atoms with E-state index in [1.54, 1.807) is 0 Å². The zero-order valence-electron chi connectivity index (χ0n) is 13.2. The van der Waals surface area contributed by atoms with Crippen molar-refractivity contribution in [1.29, 1.82) is 0 Å². The molecular formula is C17H25O4-. The van der Waals surface area contributed by atoms with E-state index in [0.29, 0.717) is 24.9 Å². The van der Waals surface area contributed by atoms with Crippen LogP contribution in [-0.4, -0.2) is 29.4 Å². The summed E-state index contributed by atoms with van der Waals surface area (Å²) in [6, 6.07) is 0. The van der Waals surface area contributed by atoms with Crippen LogP contribution < -0.4 is 5.11 Å². The van der Waals surface area contributed by atoms with Gasteiger partial charge in [0.05, 0.1) is 17.8 Å². The Bertz CT molecular complexity index is 487. The van der Waals surface area contributed by atoms with Gasteiger partial charge in [-0.1, -0.05) is 13.8 Å². The van der Waals surface area contributed by atoms with Crippen molar-refractivity contribution in [1.82, 2.24) is 0 Å². The van der Waals surface area contributed by atoms with Gasteiger partial charge in [-0.25, -0.2) is 0 Å². The Hall–Kier alpha value is -0.610. The summed E-state index contributed by atoms with van der Waals surface area (Å²) in [5.41, 5.74) is -0.0868. The van der Waals surface area contributed by atoms with Gasteiger partial charge in [-0.2, -0.15) is 0 Å². The number of carboxylic acid groups (broad SMARTS) is 1. The largest absolute Gasteiger partial charge is 0.550 e. The summed E-state index contributed by atoms with van der Waals surface area (Å²) in [6.07, 6.45) is 6.25. The maximum atomic E-state index is 11.3. The van der Waals surface area contributed by atoms with E-state index in [2.05, 4.69) is 20.8 Å². The summed E-state index contributed by atoms with van der Waals surface area (Å²) in [6.45, 7) is 6.77. The number of epoxide rings is 2. The van der Waals surface area contributed by atoms with Gasteiger partial charge in [0.15, 0.2) is 0 Å². The highest BCUT2D eigenvalue weighted by Gasteiger charge is 2.70. The number of carbonyl (C=O) groups is 1. The van der Waals surface area contributed by atoms with E-state index >= 15 is 0 Å². The Morgan fingerprint density at radius 3 is 2.62 bits per heavy atom. The number of carbonyl (C=O) groups excluding carboxylic acids is 1. The third kappa shape index (κ3) is 1.84. The number of ether oxygens (including phenoxy) is 2. The summed E-state index contributed by atoms with van der Waals surface area (Å²) >= 11 is 0. The molecule has 2 saturated heterocycles. The normalized spacial score (nSPS) is 51.8. The lowest BCUT2D eigenvalue weighted by Gasteiger charge is -2.44. The predicted molar refractivity (Wildman–Crippen MR) is 74.4 cm³/mol. The molecule has 0 aromatic carbocycles. The first-order chi connectivity index (χ1) is 9.78. The average Bonchev–Trinajstić information content (AvgIpc) is 3.29. The molecule has 4 heteroatoms. The van der Waals surface area contributed by atoms with Gasteiger partial charge in [-0.3, -0.25) is 0 Å². The molecule has 0 spiro atoms. The lowest BCUT2D eigenvalue weighted by molar-refractivity contribution is -0.313. The van der Waals surface area contributed by atoms with Crippen LogP contribution in [0.3, 0.4) is 0 Å². The number of rotatable bonds is 3. The molecule has 4 fully saturated rings. The summed E-state index contributed by atoms with van der Waals surface area (Å²) in [4.78, 5) is 11.3. The minimum atomic E-state index is -0.902. The van der Waals surface area contributed by atoms with Crippen LogP contribution in [0.1, 0.15) is 59.3 Å². The predicted octanol–water partition coefficient (Wildman–Crippen LogP) is 1.66. The van der Waals surface area contributed by atoms with Crippen LogP contribution in [0.2, 0.25) is 0 Å². The molecule has 2 heterocycles. The van der Waals surface area contributed by atoms with Crippen molar-refractivity contribution in [3.8, 4) is 0 Å². The Morgan fingerprint density at radius 1 is 1.19 bits per heavy atom. The molecule has 2 aliphatic carbocycles. The fourth-order valence-electron chi connectivity index (χ4n) is 5.19. The molecule has 0 aromatic heterocycles. The fraction of sp³-hybridized carbons (Fsp3) is 0.941. The van der Waals surface area contributed by atoms with E-state index in [0.717, 1.165) is 25.7 Å². The molecule has 6 atom stereocenters. The number of carboxylic acids is 1.